The smallest absolute Gasteiger partial charge is 0.255 e. The van der Waals surface area contributed by atoms with Crippen LogP contribution in [0.4, 0.5) is 0 Å². The fourth-order valence-corrected chi connectivity index (χ4v) is 1.86. The number of piperidine rings is 1. The van der Waals surface area contributed by atoms with Crippen molar-refractivity contribution in [3.63, 3.8) is 0 Å². The second-order valence-electron chi connectivity index (χ2n) is 3.40. The highest BCUT2D eigenvalue weighted by molar-refractivity contribution is 5.68. The van der Waals surface area contributed by atoms with Crippen LogP contribution >= 0.6 is 0 Å². The van der Waals surface area contributed by atoms with Crippen LogP contribution in [0.5, 0.6) is 0 Å². The summed E-state index contributed by atoms with van der Waals surface area (Å²) < 4.78 is 5.23. The first-order valence-electron chi connectivity index (χ1n) is 4.51. The van der Waals surface area contributed by atoms with E-state index in [0.717, 1.165) is 32.2 Å². The molecule has 0 bridgehead atoms. The number of nitrogens with zero attached hydrogens (tertiary/aromatic N) is 1. The van der Waals surface area contributed by atoms with E-state index in [1.54, 1.807) is 0 Å². The Bertz CT molecular complexity index is 215. The largest absolute Gasteiger partial charge is 0.447 e. The van der Waals surface area contributed by atoms with E-state index in [0.29, 0.717) is 0 Å². The lowest BCUT2D eigenvalue weighted by atomic mass is 9.88. The minimum Gasteiger partial charge on any atom is -0.447 e. The summed E-state index contributed by atoms with van der Waals surface area (Å²) in [6.45, 7) is 1.87. The highest BCUT2D eigenvalue weighted by Gasteiger charge is 2.43. The second-order valence-corrected chi connectivity index (χ2v) is 3.40. The van der Waals surface area contributed by atoms with E-state index in [9.17, 15) is 4.79 Å². The average Bonchev–Trinajstić information content (AvgIpc) is 2.69. The maximum absolute atomic E-state index is 10.9. The first kappa shape index (κ1) is 8.50. The normalized spacial score (nSPS) is 33.8. The van der Waals surface area contributed by atoms with Crippen molar-refractivity contribution in [3.8, 4) is 0 Å². The fourth-order valence-electron chi connectivity index (χ4n) is 1.86. The van der Waals surface area contributed by atoms with Crippen molar-refractivity contribution in [2.45, 2.75) is 18.6 Å². The zero-order valence-corrected chi connectivity index (χ0v) is 7.32. The van der Waals surface area contributed by atoms with Crippen molar-refractivity contribution < 1.29 is 9.53 Å². The highest BCUT2D eigenvalue weighted by atomic mass is 16.5. The first-order valence-corrected chi connectivity index (χ1v) is 4.51. The van der Waals surface area contributed by atoms with E-state index in [-0.39, 0.29) is 5.92 Å². The van der Waals surface area contributed by atoms with Gasteiger partial charge in [-0.2, -0.15) is 0 Å². The second kappa shape index (κ2) is 3.33. The lowest BCUT2D eigenvalue weighted by Crippen LogP contribution is -2.52. The summed E-state index contributed by atoms with van der Waals surface area (Å²) in [5.41, 5.74) is 1.85. The van der Waals surface area contributed by atoms with Gasteiger partial charge in [-0.1, -0.05) is 0 Å². The molecule has 5 heteroatoms. The number of carbonyl (C=O) groups is 1. The van der Waals surface area contributed by atoms with Crippen molar-refractivity contribution in [1.29, 1.82) is 0 Å². The monoisotopic (exact) mass is 183 g/mol. The summed E-state index contributed by atoms with van der Waals surface area (Å²) in [4.78, 5) is 10.9. The molecule has 1 unspecified atom stereocenters. The molecule has 2 N–H and O–H groups in total. The molecule has 72 valence electrons. The van der Waals surface area contributed by atoms with Crippen LogP contribution in [0.25, 0.3) is 0 Å². The quantitative estimate of drug-likeness (QED) is 0.563. The molecule has 0 amide bonds. The van der Waals surface area contributed by atoms with Gasteiger partial charge in [-0.15, -0.1) is 5.10 Å². The molecule has 1 atom stereocenters. The number of carbonyl (C=O) groups excluding carboxylic acids is 1. The number of aldehydes is 1. The minimum absolute atomic E-state index is 0.216. The van der Waals surface area contributed by atoms with Gasteiger partial charge in [0.1, 0.15) is 0 Å². The van der Waals surface area contributed by atoms with Crippen LogP contribution in [-0.4, -0.2) is 31.5 Å². The average molecular weight is 183 g/mol. The fraction of sp³-hybridized carbons (Fsp3) is 0.750. The molecule has 1 fully saturated rings. The van der Waals surface area contributed by atoms with Crippen LogP contribution < -0.4 is 10.7 Å². The van der Waals surface area contributed by atoms with Crippen molar-refractivity contribution in [2.75, 3.05) is 13.1 Å². The number of rotatable bonds is 2. The third kappa shape index (κ3) is 1.39. The predicted octanol–water partition coefficient (Wildman–Crippen LogP) is -0.556. The van der Waals surface area contributed by atoms with Crippen molar-refractivity contribution >= 4 is 12.7 Å². The molecule has 0 aromatic heterocycles. The Morgan fingerprint density at radius 2 is 2.31 bits per heavy atom. The Morgan fingerprint density at radius 3 is 2.85 bits per heavy atom. The molecule has 0 aromatic rings. The van der Waals surface area contributed by atoms with E-state index in [1.165, 1.54) is 6.40 Å². The van der Waals surface area contributed by atoms with E-state index < -0.39 is 5.72 Å². The summed E-state index contributed by atoms with van der Waals surface area (Å²) in [7, 11) is 0. The third-order valence-corrected chi connectivity index (χ3v) is 2.66. The Hall–Kier alpha value is -1.10. The molecule has 2 heterocycles. The Labute approximate surface area is 76.5 Å². The van der Waals surface area contributed by atoms with Gasteiger partial charge in [0.05, 0.1) is 0 Å². The van der Waals surface area contributed by atoms with Crippen LogP contribution in [0.15, 0.2) is 5.10 Å². The van der Waals surface area contributed by atoms with Gasteiger partial charge >= 0.3 is 0 Å². The Balaban J connectivity index is 2.06. The van der Waals surface area contributed by atoms with Crippen LogP contribution in [-0.2, 0) is 9.53 Å². The van der Waals surface area contributed by atoms with Crippen molar-refractivity contribution in [3.05, 3.63) is 0 Å². The van der Waals surface area contributed by atoms with Crippen molar-refractivity contribution in [2.24, 2.45) is 11.0 Å². The van der Waals surface area contributed by atoms with Gasteiger partial charge in [-0.25, -0.2) is 0 Å². The predicted molar refractivity (Wildman–Crippen MR) is 47.1 cm³/mol. The minimum atomic E-state index is -0.887. The van der Waals surface area contributed by atoms with Gasteiger partial charge < -0.3 is 10.1 Å². The molecule has 0 radical (unpaired) electrons. The molecule has 2 aliphatic heterocycles. The van der Waals surface area contributed by atoms with Gasteiger partial charge in [0.15, 0.2) is 12.7 Å². The zero-order chi connectivity index (χ0) is 9.15. The molecule has 1 saturated heterocycles. The molecule has 0 aliphatic carbocycles. The molecule has 2 aliphatic rings. The summed E-state index contributed by atoms with van der Waals surface area (Å²) in [5, 5.41) is 6.97. The first-order chi connectivity index (χ1) is 6.37. The molecular weight excluding hydrogens is 170 g/mol. The SMILES string of the molecule is O=CC1(C2CCNCC2)NN=CO1. The van der Waals surface area contributed by atoms with Gasteiger partial charge in [0, 0.05) is 5.92 Å². The lowest BCUT2D eigenvalue weighted by molar-refractivity contribution is -0.129. The van der Waals surface area contributed by atoms with E-state index in [4.69, 9.17) is 4.74 Å². The van der Waals surface area contributed by atoms with Gasteiger partial charge in [0.25, 0.3) is 5.72 Å². The standard InChI is InChI=1S/C8H13N3O2/c12-5-8(11-10-6-13-8)7-1-3-9-4-2-7/h5-7,9,11H,1-4H2. The zero-order valence-electron chi connectivity index (χ0n) is 7.32. The van der Waals surface area contributed by atoms with E-state index in [2.05, 4.69) is 15.8 Å². The number of hydrogen-bond acceptors (Lipinski definition) is 5. The molecule has 0 spiro atoms. The molecule has 0 saturated carbocycles. The highest BCUT2D eigenvalue weighted by Crippen LogP contribution is 2.27. The Morgan fingerprint density at radius 1 is 1.54 bits per heavy atom. The summed E-state index contributed by atoms with van der Waals surface area (Å²) >= 11 is 0. The molecule has 5 nitrogen and oxygen atoms in total. The van der Waals surface area contributed by atoms with Gasteiger partial charge in [-0.3, -0.25) is 10.2 Å². The topological polar surface area (TPSA) is 62.7 Å². The van der Waals surface area contributed by atoms with Gasteiger partial charge in [-0.05, 0) is 25.9 Å². The molecule has 13 heavy (non-hydrogen) atoms. The van der Waals surface area contributed by atoms with Crippen LogP contribution in [0.1, 0.15) is 12.8 Å². The van der Waals surface area contributed by atoms with Crippen LogP contribution in [0, 0.1) is 5.92 Å². The third-order valence-electron chi connectivity index (χ3n) is 2.66. The number of hydrogen-bond donors (Lipinski definition) is 2. The van der Waals surface area contributed by atoms with E-state index in [1.807, 2.05) is 0 Å². The van der Waals surface area contributed by atoms with E-state index >= 15 is 0 Å². The molecule has 0 aromatic carbocycles. The number of ether oxygens (including phenoxy) is 1. The summed E-state index contributed by atoms with van der Waals surface area (Å²) in [5.74, 6) is 0.216. The van der Waals surface area contributed by atoms with Gasteiger partial charge in [0.2, 0.25) is 0 Å². The maximum Gasteiger partial charge on any atom is 0.255 e. The van der Waals surface area contributed by atoms with Crippen molar-refractivity contribution in [1.82, 2.24) is 10.7 Å². The summed E-state index contributed by atoms with van der Waals surface area (Å²) in [6.07, 6.45) is 4.00. The van der Waals surface area contributed by atoms with Crippen LogP contribution in [0.2, 0.25) is 0 Å². The maximum atomic E-state index is 10.9. The van der Waals surface area contributed by atoms with Crippen LogP contribution in [0.3, 0.4) is 0 Å². The number of nitrogens with one attached hydrogen (secondary N) is 2. The number of hydrazone groups is 1. The Kier molecular flexibility index (Phi) is 2.18. The molecule has 2 rings (SSSR count). The summed E-state index contributed by atoms with van der Waals surface area (Å²) in [6, 6.07) is 0. The lowest BCUT2D eigenvalue weighted by Gasteiger charge is -2.33. The molecular formula is C8H13N3O2.